The molecule has 0 radical (unpaired) electrons. The molecule has 0 saturated heterocycles. The van der Waals surface area contributed by atoms with Gasteiger partial charge in [-0.15, -0.1) is 0 Å². The van der Waals surface area contributed by atoms with Gasteiger partial charge in [-0.1, -0.05) is 34.1 Å². The smallest absolute Gasteiger partial charge is 0.220 e. The Morgan fingerprint density at radius 3 is 2.56 bits per heavy atom. The third-order valence-electron chi connectivity index (χ3n) is 2.14. The molecular weight excluding hydrogens is 270 g/mol. The number of hydrogen-bond donors (Lipinski definition) is 1. The summed E-state index contributed by atoms with van der Waals surface area (Å²) in [4.78, 5) is 22.0. The van der Waals surface area contributed by atoms with E-state index in [0.29, 0.717) is 13.0 Å². The molecule has 1 aromatic carbocycles. The minimum atomic E-state index is -0.0917. The number of benzene rings is 1. The number of rotatable bonds is 5. The van der Waals surface area contributed by atoms with E-state index in [1.165, 1.54) is 6.92 Å². The zero-order chi connectivity index (χ0) is 12.0. The highest BCUT2D eigenvalue weighted by atomic mass is 79.9. The van der Waals surface area contributed by atoms with Crippen LogP contribution in [0.15, 0.2) is 28.7 Å². The van der Waals surface area contributed by atoms with E-state index in [4.69, 9.17) is 0 Å². The van der Waals surface area contributed by atoms with Crippen LogP contribution in [0.4, 0.5) is 0 Å². The van der Waals surface area contributed by atoms with Crippen LogP contribution in [0.1, 0.15) is 25.3 Å². The molecule has 1 aromatic rings. The van der Waals surface area contributed by atoms with Gasteiger partial charge in [0.05, 0.1) is 0 Å². The third-order valence-corrected chi connectivity index (χ3v) is 2.91. The van der Waals surface area contributed by atoms with Gasteiger partial charge in [-0.05, 0) is 18.6 Å². The Balaban J connectivity index is 2.37. The Morgan fingerprint density at radius 2 is 1.94 bits per heavy atom. The van der Waals surface area contributed by atoms with Crippen LogP contribution in [0.2, 0.25) is 0 Å². The van der Waals surface area contributed by atoms with Crippen molar-refractivity contribution in [2.45, 2.75) is 26.3 Å². The van der Waals surface area contributed by atoms with Crippen molar-refractivity contribution in [1.82, 2.24) is 5.32 Å². The van der Waals surface area contributed by atoms with Crippen LogP contribution >= 0.6 is 15.9 Å². The van der Waals surface area contributed by atoms with E-state index in [1.807, 2.05) is 24.3 Å². The Hall–Kier alpha value is -1.16. The Labute approximate surface area is 103 Å². The zero-order valence-electron chi connectivity index (χ0n) is 9.13. The molecule has 0 fully saturated rings. The van der Waals surface area contributed by atoms with Gasteiger partial charge in [0.25, 0.3) is 0 Å². The highest BCUT2D eigenvalue weighted by molar-refractivity contribution is 9.10. The Morgan fingerprint density at radius 1 is 1.25 bits per heavy atom. The third kappa shape index (κ3) is 4.57. The molecule has 0 saturated carbocycles. The molecule has 0 bridgehead atoms. The number of hydrogen-bond acceptors (Lipinski definition) is 2. The van der Waals surface area contributed by atoms with Gasteiger partial charge in [-0.25, -0.2) is 0 Å². The van der Waals surface area contributed by atoms with Gasteiger partial charge in [0.2, 0.25) is 5.91 Å². The molecule has 0 heterocycles. The van der Waals surface area contributed by atoms with Crippen LogP contribution in [0.25, 0.3) is 0 Å². The molecule has 3 nitrogen and oxygen atoms in total. The maximum atomic E-state index is 11.4. The predicted molar refractivity (Wildman–Crippen MR) is 65.9 cm³/mol. The fourth-order valence-corrected chi connectivity index (χ4v) is 1.64. The first-order valence-electron chi connectivity index (χ1n) is 5.09. The van der Waals surface area contributed by atoms with Gasteiger partial charge in [0.1, 0.15) is 5.78 Å². The zero-order valence-corrected chi connectivity index (χ0v) is 10.7. The van der Waals surface area contributed by atoms with Crippen molar-refractivity contribution >= 4 is 27.6 Å². The normalized spacial score (nSPS) is 9.88. The minimum absolute atomic E-state index is 0.0380. The summed E-state index contributed by atoms with van der Waals surface area (Å²) < 4.78 is 0.974. The highest BCUT2D eigenvalue weighted by Crippen LogP contribution is 2.15. The molecule has 1 amide bonds. The quantitative estimate of drug-likeness (QED) is 0.902. The van der Waals surface area contributed by atoms with Crippen molar-refractivity contribution in [3.63, 3.8) is 0 Å². The summed E-state index contributed by atoms with van der Waals surface area (Å²) in [7, 11) is 0. The van der Waals surface area contributed by atoms with Crippen LogP contribution in [-0.4, -0.2) is 11.7 Å². The lowest BCUT2D eigenvalue weighted by Gasteiger charge is -2.06. The van der Waals surface area contributed by atoms with Gasteiger partial charge in [0.15, 0.2) is 0 Å². The van der Waals surface area contributed by atoms with Crippen molar-refractivity contribution in [3.05, 3.63) is 34.3 Å². The van der Waals surface area contributed by atoms with E-state index in [9.17, 15) is 9.59 Å². The molecule has 0 unspecified atom stereocenters. The van der Waals surface area contributed by atoms with Crippen LogP contribution in [0.5, 0.6) is 0 Å². The summed E-state index contributed by atoms with van der Waals surface area (Å²) in [5.41, 5.74) is 1.03. The van der Waals surface area contributed by atoms with E-state index in [1.54, 1.807) is 0 Å². The van der Waals surface area contributed by atoms with Gasteiger partial charge in [0, 0.05) is 23.9 Å². The maximum absolute atomic E-state index is 11.4. The molecule has 1 rings (SSSR count). The summed E-state index contributed by atoms with van der Waals surface area (Å²) in [5.74, 6) is -0.0537. The molecule has 0 aliphatic rings. The van der Waals surface area contributed by atoms with E-state index in [0.717, 1.165) is 10.0 Å². The van der Waals surface area contributed by atoms with Crippen molar-refractivity contribution in [2.75, 3.05) is 0 Å². The van der Waals surface area contributed by atoms with Gasteiger partial charge < -0.3 is 10.1 Å². The molecule has 0 spiro atoms. The predicted octanol–water partition coefficient (Wildman–Crippen LogP) is 2.43. The van der Waals surface area contributed by atoms with Gasteiger partial charge in [-0.2, -0.15) is 0 Å². The molecule has 0 aliphatic carbocycles. The first-order valence-corrected chi connectivity index (χ1v) is 5.88. The number of nitrogens with one attached hydrogen (secondary N) is 1. The monoisotopic (exact) mass is 283 g/mol. The summed E-state index contributed by atoms with van der Waals surface area (Å²) in [6, 6.07) is 7.71. The summed E-state index contributed by atoms with van der Waals surface area (Å²) in [6.07, 6.45) is 0.571. The fourth-order valence-electron chi connectivity index (χ4n) is 1.21. The lowest BCUT2D eigenvalue weighted by Crippen LogP contribution is -2.23. The minimum Gasteiger partial charge on any atom is -0.352 e. The highest BCUT2D eigenvalue weighted by Gasteiger charge is 2.04. The Kier molecular flexibility index (Phi) is 5.19. The van der Waals surface area contributed by atoms with Crippen molar-refractivity contribution in [2.24, 2.45) is 0 Å². The average molecular weight is 284 g/mol. The van der Waals surface area contributed by atoms with E-state index < -0.39 is 0 Å². The number of halogens is 1. The largest absolute Gasteiger partial charge is 0.352 e. The number of amides is 1. The lowest BCUT2D eigenvalue weighted by molar-refractivity contribution is -0.124. The van der Waals surface area contributed by atoms with Gasteiger partial charge >= 0.3 is 0 Å². The summed E-state index contributed by atoms with van der Waals surface area (Å²) in [6.45, 7) is 1.97. The second-order valence-electron chi connectivity index (χ2n) is 3.57. The van der Waals surface area contributed by atoms with Crippen molar-refractivity contribution < 1.29 is 9.59 Å². The van der Waals surface area contributed by atoms with E-state index >= 15 is 0 Å². The summed E-state index contributed by atoms with van der Waals surface area (Å²) >= 11 is 3.40. The topological polar surface area (TPSA) is 46.2 Å². The maximum Gasteiger partial charge on any atom is 0.220 e. The first-order chi connectivity index (χ1) is 7.59. The van der Waals surface area contributed by atoms with Crippen LogP contribution in [0, 0.1) is 0 Å². The number of carbonyl (C=O) groups excluding carboxylic acids is 2. The second-order valence-corrected chi connectivity index (χ2v) is 4.42. The number of Topliss-reactive ketones (excluding diaryl/α,β-unsaturated/α-hetero) is 1. The average Bonchev–Trinajstić information content (AvgIpc) is 2.25. The molecular formula is C12H14BrNO2. The lowest BCUT2D eigenvalue weighted by atomic mass is 10.2. The molecule has 0 aliphatic heterocycles. The van der Waals surface area contributed by atoms with Crippen LogP contribution < -0.4 is 5.32 Å². The molecule has 4 heteroatoms. The molecule has 0 atom stereocenters. The molecule has 0 aromatic heterocycles. The van der Waals surface area contributed by atoms with Gasteiger partial charge in [-0.3, -0.25) is 4.79 Å². The van der Waals surface area contributed by atoms with Crippen LogP contribution in [0.3, 0.4) is 0 Å². The first kappa shape index (κ1) is 12.9. The molecule has 1 N–H and O–H groups in total. The summed E-state index contributed by atoms with van der Waals surface area (Å²) in [5, 5.41) is 2.77. The van der Waals surface area contributed by atoms with Crippen molar-refractivity contribution in [3.8, 4) is 0 Å². The molecule has 16 heavy (non-hydrogen) atoms. The van der Waals surface area contributed by atoms with E-state index in [-0.39, 0.29) is 18.1 Å². The van der Waals surface area contributed by atoms with Crippen LogP contribution in [-0.2, 0) is 16.1 Å². The van der Waals surface area contributed by atoms with E-state index in [2.05, 4.69) is 21.2 Å². The Bertz CT molecular complexity index is 390. The standard InChI is InChI=1S/C12H14BrNO2/c1-9(15)6-7-12(16)14-8-10-4-2-3-5-11(10)13/h2-5H,6-8H2,1H3,(H,14,16). The second kappa shape index (κ2) is 6.43. The number of ketones is 1. The molecule has 86 valence electrons. The fraction of sp³-hybridized carbons (Fsp3) is 0.333. The number of carbonyl (C=O) groups is 2. The van der Waals surface area contributed by atoms with Crippen molar-refractivity contribution in [1.29, 1.82) is 0 Å². The SMILES string of the molecule is CC(=O)CCC(=O)NCc1ccccc1Br.